The van der Waals surface area contributed by atoms with Crippen LogP contribution in [0.5, 0.6) is 0 Å². The van der Waals surface area contributed by atoms with Crippen molar-refractivity contribution in [2.24, 2.45) is 17.8 Å². The Morgan fingerprint density at radius 3 is 2.56 bits per heavy atom. The molecule has 132 valence electrons. The zero-order valence-corrected chi connectivity index (χ0v) is 16.3. The van der Waals surface area contributed by atoms with Gasteiger partial charge in [-0.1, -0.05) is 6.42 Å². The van der Waals surface area contributed by atoms with Crippen LogP contribution in [-0.4, -0.2) is 15.7 Å². The molecule has 2 aromatic rings. The highest BCUT2D eigenvalue weighted by molar-refractivity contribution is 9.10. The van der Waals surface area contributed by atoms with Gasteiger partial charge in [0.05, 0.1) is 21.5 Å². The molecule has 1 N–H and O–H groups in total. The highest BCUT2D eigenvalue weighted by Crippen LogP contribution is 2.49. The van der Waals surface area contributed by atoms with E-state index in [-0.39, 0.29) is 5.91 Å². The van der Waals surface area contributed by atoms with Crippen LogP contribution in [0.3, 0.4) is 0 Å². The largest absolute Gasteiger partial charge is 0.326 e. The molecule has 5 heteroatoms. The van der Waals surface area contributed by atoms with E-state index in [2.05, 4.69) is 26.3 Å². The minimum atomic E-state index is 0.152. The molecule has 2 bridgehead atoms. The summed E-state index contributed by atoms with van der Waals surface area (Å²) in [6.45, 7) is 4.02. The van der Waals surface area contributed by atoms with Crippen molar-refractivity contribution in [3.8, 4) is 5.69 Å². The average molecular weight is 402 g/mol. The first-order valence-corrected chi connectivity index (χ1v) is 9.92. The zero-order valence-electron chi connectivity index (χ0n) is 14.8. The predicted octanol–water partition coefficient (Wildman–Crippen LogP) is 5.02. The molecule has 1 amide bonds. The van der Waals surface area contributed by atoms with Crippen LogP contribution in [0, 0.1) is 31.6 Å². The van der Waals surface area contributed by atoms with Crippen LogP contribution in [0.2, 0.25) is 0 Å². The van der Waals surface area contributed by atoms with E-state index in [0.29, 0.717) is 12.3 Å². The third-order valence-electron chi connectivity index (χ3n) is 5.93. The lowest BCUT2D eigenvalue weighted by molar-refractivity contribution is -0.117. The molecule has 1 aromatic carbocycles. The SMILES string of the molecule is Cc1nn(-c2ccc(NC(=O)C[C@@H]3C[C@@H]4CC[C@@H]3C4)cc2)c(C)c1Br. The van der Waals surface area contributed by atoms with Crippen molar-refractivity contribution in [1.82, 2.24) is 9.78 Å². The number of nitrogens with zero attached hydrogens (tertiary/aromatic N) is 2. The minimum absolute atomic E-state index is 0.152. The fourth-order valence-corrected chi connectivity index (χ4v) is 4.88. The summed E-state index contributed by atoms with van der Waals surface area (Å²) in [6, 6.07) is 7.91. The summed E-state index contributed by atoms with van der Waals surface area (Å²) in [5.74, 6) is 2.44. The fraction of sp³-hybridized carbons (Fsp3) is 0.500. The number of halogens is 1. The number of aryl methyl sites for hydroxylation is 1. The first-order valence-electron chi connectivity index (χ1n) is 9.13. The molecule has 2 aliphatic carbocycles. The van der Waals surface area contributed by atoms with Crippen molar-refractivity contribution >= 4 is 27.5 Å². The number of carbonyl (C=O) groups excluding carboxylic acids is 1. The Balaban J connectivity index is 1.40. The number of carbonyl (C=O) groups is 1. The summed E-state index contributed by atoms with van der Waals surface area (Å²) >= 11 is 3.56. The van der Waals surface area contributed by atoms with E-state index in [1.807, 2.05) is 42.8 Å². The second-order valence-electron chi connectivity index (χ2n) is 7.63. The summed E-state index contributed by atoms with van der Waals surface area (Å²) in [4.78, 5) is 12.4. The Bertz CT molecular complexity index is 796. The van der Waals surface area contributed by atoms with Gasteiger partial charge >= 0.3 is 0 Å². The molecule has 4 rings (SSSR count). The van der Waals surface area contributed by atoms with Gasteiger partial charge in [-0.05, 0) is 91.1 Å². The molecule has 1 heterocycles. The smallest absolute Gasteiger partial charge is 0.224 e. The molecule has 3 atom stereocenters. The first kappa shape index (κ1) is 16.8. The van der Waals surface area contributed by atoms with Crippen LogP contribution in [0.1, 0.15) is 43.5 Å². The van der Waals surface area contributed by atoms with Gasteiger partial charge in [-0.25, -0.2) is 4.68 Å². The summed E-state index contributed by atoms with van der Waals surface area (Å²) in [5.41, 5.74) is 3.90. The topological polar surface area (TPSA) is 46.9 Å². The van der Waals surface area contributed by atoms with Crippen molar-refractivity contribution in [3.63, 3.8) is 0 Å². The summed E-state index contributed by atoms with van der Waals surface area (Å²) < 4.78 is 2.95. The molecule has 0 unspecified atom stereocenters. The normalized spacial score (nSPS) is 24.7. The zero-order chi connectivity index (χ0) is 17.6. The van der Waals surface area contributed by atoms with Gasteiger partial charge < -0.3 is 5.32 Å². The lowest BCUT2D eigenvalue weighted by Crippen LogP contribution is -2.20. The van der Waals surface area contributed by atoms with Crippen LogP contribution in [0.4, 0.5) is 5.69 Å². The second kappa shape index (κ2) is 6.60. The van der Waals surface area contributed by atoms with Gasteiger partial charge in [0.2, 0.25) is 5.91 Å². The van der Waals surface area contributed by atoms with Crippen molar-refractivity contribution in [2.75, 3.05) is 5.32 Å². The van der Waals surface area contributed by atoms with Gasteiger partial charge in [0.25, 0.3) is 0 Å². The van der Waals surface area contributed by atoms with Crippen molar-refractivity contribution in [1.29, 1.82) is 0 Å². The van der Waals surface area contributed by atoms with Crippen LogP contribution >= 0.6 is 15.9 Å². The monoisotopic (exact) mass is 401 g/mol. The number of aromatic nitrogens is 2. The predicted molar refractivity (Wildman–Crippen MR) is 103 cm³/mol. The van der Waals surface area contributed by atoms with Crippen LogP contribution in [0.25, 0.3) is 5.69 Å². The van der Waals surface area contributed by atoms with Crippen LogP contribution in [0.15, 0.2) is 28.7 Å². The molecule has 0 spiro atoms. The molecule has 0 aliphatic heterocycles. The maximum absolute atomic E-state index is 12.4. The van der Waals surface area contributed by atoms with E-state index in [4.69, 9.17) is 0 Å². The van der Waals surface area contributed by atoms with Crippen molar-refractivity contribution < 1.29 is 4.79 Å². The maximum Gasteiger partial charge on any atom is 0.224 e. The van der Waals surface area contributed by atoms with Crippen molar-refractivity contribution in [3.05, 3.63) is 40.1 Å². The maximum atomic E-state index is 12.4. The molecule has 2 fully saturated rings. The van der Waals surface area contributed by atoms with Gasteiger partial charge in [-0.3, -0.25) is 4.79 Å². The number of hydrogen-bond acceptors (Lipinski definition) is 2. The quantitative estimate of drug-likeness (QED) is 0.781. The molecule has 2 saturated carbocycles. The fourth-order valence-electron chi connectivity index (χ4n) is 4.64. The number of nitrogens with one attached hydrogen (secondary N) is 1. The number of hydrogen-bond donors (Lipinski definition) is 1. The molecule has 2 aliphatic rings. The number of anilines is 1. The lowest BCUT2D eigenvalue weighted by atomic mass is 9.86. The highest BCUT2D eigenvalue weighted by atomic mass is 79.9. The first-order chi connectivity index (χ1) is 12.0. The third-order valence-corrected chi connectivity index (χ3v) is 7.08. The lowest BCUT2D eigenvalue weighted by Gasteiger charge is -2.20. The molecule has 4 nitrogen and oxygen atoms in total. The number of benzene rings is 1. The van der Waals surface area contributed by atoms with Crippen LogP contribution < -0.4 is 5.32 Å². The van der Waals surface area contributed by atoms with Gasteiger partial charge in [0, 0.05) is 12.1 Å². The number of rotatable bonds is 4. The van der Waals surface area contributed by atoms with E-state index in [0.717, 1.165) is 39.1 Å². The number of fused-ring (bicyclic) bond motifs is 2. The minimum Gasteiger partial charge on any atom is -0.326 e. The molecule has 25 heavy (non-hydrogen) atoms. The summed E-state index contributed by atoms with van der Waals surface area (Å²) in [6.07, 6.45) is 5.99. The Morgan fingerprint density at radius 2 is 2.00 bits per heavy atom. The van der Waals surface area contributed by atoms with Gasteiger partial charge in [-0.15, -0.1) is 0 Å². The Labute approximate surface area is 157 Å². The Morgan fingerprint density at radius 1 is 1.24 bits per heavy atom. The highest BCUT2D eigenvalue weighted by Gasteiger charge is 2.40. The Kier molecular flexibility index (Phi) is 4.44. The molecular formula is C20H24BrN3O. The third kappa shape index (κ3) is 3.26. The summed E-state index contributed by atoms with van der Waals surface area (Å²) in [5, 5.41) is 7.60. The van der Waals surface area contributed by atoms with E-state index in [9.17, 15) is 4.79 Å². The summed E-state index contributed by atoms with van der Waals surface area (Å²) in [7, 11) is 0. The van der Waals surface area contributed by atoms with E-state index in [1.165, 1.54) is 25.7 Å². The van der Waals surface area contributed by atoms with Crippen molar-refractivity contribution in [2.45, 2.75) is 46.0 Å². The van der Waals surface area contributed by atoms with Gasteiger partial charge in [0.1, 0.15) is 0 Å². The molecule has 0 radical (unpaired) electrons. The molecule has 1 aromatic heterocycles. The Hall–Kier alpha value is -1.62. The second-order valence-corrected chi connectivity index (χ2v) is 8.42. The van der Waals surface area contributed by atoms with Gasteiger partial charge in [-0.2, -0.15) is 5.10 Å². The van der Waals surface area contributed by atoms with Gasteiger partial charge in [0.15, 0.2) is 0 Å². The van der Waals surface area contributed by atoms with Crippen LogP contribution in [-0.2, 0) is 4.79 Å². The average Bonchev–Trinajstić information content (AvgIpc) is 3.27. The standard InChI is InChI=1S/C20H24BrN3O/c1-12-20(21)13(2)24(23-12)18-7-5-17(6-8-18)22-19(25)11-16-10-14-3-4-15(16)9-14/h5-8,14-16H,3-4,9-11H2,1-2H3,(H,22,25)/t14-,15-,16+/m1/s1. The number of amides is 1. The molecular weight excluding hydrogens is 378 g/mol. The van der Waals surface area contributed by atoms with E-state index < -0.39 is 0 Å². The van der Waals surface area contributed by atoms with E-state index >= 15 is 0 Å². The molecule has 0 saturated heterocycles. The van der Waals surface area contributed by atoms with E-state index in [1.54, 1.807) is 0 Å².